The van der Waals surface area contributed by atoms with Gasteiger partial charge in [-0.1, -0.05) is 0 Å². The van der Waals surface area contributed by atoms with E-state index < -0.39 is 18.0 Å². The first-order valence-corrected chi connectivity index (χ1v) is 6.48. The molecule has 0 aliphatic carbocycles. The Labute approximate surface area is 116 Å². The van der Waals surface area contributed by atoms with Crippen LogP contribution >= 0.6 is 0 Å². The van der Waals surface area contributed by atoms with Gasteiger partial charge in [-0.2, -0.15) is 0 Å². The third kappa shape index (κ3) is 2.76. The van der Waals surface area contributed by atoms with Gasteiger partial charge in [0.15, 0.2) is 0 Å². The number of ether oxygens (including phenoxy) is 2. The highest BCUT2D eigenvalue weighted by Crippen LogP contribution is 2.24. The number of carbonyl (C=O) groups excluding carboxylic acids is 1. The lowest BCUT2D eigenvalue weighted by molar-refractivity contribution is 0.0517. The number of aliphatic hydroxyl groups excluding tert-OH is 1. The third-order valence-electron chi connectivity index (χ3n) is 3.42. The van der Waals surface area contributed by atoms with E-state index in [4.69, 9.17) is 9.47 Å². The van der Waals surface area contributed by atoms with E-state index in [1.807, 2.05) is 0 Å². The molecule has 0 unspecified atom stereocenters. The van der Waals surface area contributed by atoms with Crippen LogP contribution < -0.4 is 4.74 Å². The molecule has 0 bridgehead atoms. The first-order valence-electron chi connectivity index (χ1n) is 6.48. The summed E-state index contributed by atoms with van der Waals surface area (Å²) >= 11 is 0. The van der Waals surface area contributed by atoms with E-state index in [1.165, 1.54) is 24.1 Å². The summed E-state index contributed by atoms with van der Waals surface area (Å²) < 4.78 is 23.6. The van der Waals surface area contributed by atoms with Gasteiger partial charge in [0, 0.05) is 6.54 Å². The van der Waals surface area contributed by atoms with E-state index in [2.05, 4.69) is 0 Å². The van der Waals surface area contributed by atoms with Crippen molar-refractivity contribution in [2.24, 2.45) is 0 Å². The van der Waals surface area contributed by atoms with Crippen molar-refractivity contribution in [3.8, 4) is 5.75 Å². The standard InChI is InChI=1S/C14H18FNO4/c1-3-16(11-7-20-8-12(11)17)14(18)10-6-9(15)4-5-13(10)19-2/h4-6,11-12,17H,3,7-8H2,1-2H3/t11-,12-/m0/s1. The molecular weight excluding hydrogens is 265 g/mol. The minimum absolute atomic E-state index is 0.147. The van der Waals surface area contributed by atoms with Gasteiger partial charge >= 0.3 is 0 Å². The molecule has 1 N–H and O–H groups in total. The molecule has 1 saturated heterocycles. The van der Waals surface area contributed by atoms with Crippen molar-refractivity contribution in [2.75, 3.05) is 26.9 Å². The fourth-order valence-electron chi connectivity index (χ4n) is 2.36. The molecule has 0 radical (unpaired) electrons. The summed E-state index contributed by atoms with van der Waals surface area (Å²) in [6.45, 7) is 2.67. The lowest BCUT2D eigenvalue weighted by atomic mass is 10.1. The number of benzene rings is 1. The van der Waals surface area contributed by atoms with E-state index >= 15 is 0 Å². The molecule has 2 atom stereocenters. The number of nitrogens with zero attached hydrogens (tertiary/aromatic N) is 1. The number of methoxy groups -OCH3 is 1. The van der Waals surface area contributed by atoms with Crippen LogP contribution in [0.4, 0.5) is 4.39 Å². The van der Waals surface area contributed by atoms with Crippen molar-refractivity contribution in [2.45, 2.75) is 19.1 Å². The van der Waals surface area contributed by atoms with Crippen LogP contribution in [0.1, 0.15) is 17.3 Å². The predicted octanol–water partition coefficient (Wildman–Crippen LogP) is 1.06. The van der Waals surface area contributed by atoms with E-state index in [1.54, 1.807) is 6.92 Å². The van der Waals surface area contributed by atoms with Crippen molar-refractivity contribution >= 4 is 5.91 Å². The summed E-state index contributed by atoms with van der Waals surface area (Å²) in [6.07, 6.45) is -0.724. The number of halogens is 1. The topological polar surface area (TPSA) is 59.0 Å². The Hall–Kier alpha value is -1.66. The summed E-state index contributed by atoms with van der Waals surface area (Å²) in [7, 11) is 1.42. The molecule has 0 spiro atoms. The average Bonchev–Trinajstić information content (AvgIpc) is 2.86. The number of hydrogen-bond donors (Lipinski definition) is 1. The normalized spacial score (nSPS) is 21.8. The molecule has 1 aliphatic heterocycles. The maximum Gasteiger partial charge on any atom is 0.258 e. The fourth-order valence-corrected chi connectivity index (χ4v) is 2.36. The molecule has 6 heteroatoms. The summed E-state index contributed by atoms with van der Waals surface area (Å²) in [5, 5.41) is 9.84. The Morgan fingerprint density at radius 2 is 2.30 bits per heavy atom. The van der Waals surface area contributed by atoms with Crippen LogP contribution in [0.5, 0.6) is 5.75 Å². The number of carbonyl (C=O) groups is 1. The van der Waals surface area contributed by atoms with Crippen LogP contribution in [0, 0.1) is 5.82 Å². The van der Waals surface area contributed by atoms with Gasteiger partial charge in [0.2, 0.25) is 0 Å². The monoisotopic (exact) mass is 283 g/mol. The van der Waals surface area contributed by atoms with Gasteiger partial charge in [-0.15, -0.1) is 0 Å². The molecule has 1 heterocycles. The minimum Gasteiger partial charge on any atom is -0.496 e. The Kier molecular flexibility index (Phi) is 4.57. The summed E-state index contributed by atoms with van der Waals surface area (Å²) in [5.41, 5.74) is 0.147. The minimum atomic E-state index is -0.724. The lowest BCUT2D eigenvalue weighted by Gasteiger charge is -2.29. The summed E-state index contributed by atoms with van der Waals surface area (Å²) in [6, 6.07) is 3.38. The number of likely N-dealkylation sites (N-methyl/N-ethyl adjacent to an activating group) is 1. The maximum absolute atomic E-state index is 13.4. The van der Waals surface area contributed by atoms with E-state index in [0.29, 0.717) is 12.3 Å². The van der Waals surface area contributed by atoms with Crippen LogP contribution in [0.15, 0.2) is 18.2 Å². The number of rotatable bonds is 4. The zero-order valence-electron chi connectivity index (χ0n) is 11.5. The Bertz CT molecular complexity index is 494. The molecule has 1 aromatic rings. The van der Waals surface area contributed by atoms with E-state index in [-0.39, 0.29) is 24.7 Å². The van der Waals surface area contributed by atoms with Crippen LogP contribution in [0.25, 0.3) is 0 Å². The van der Waals surface area contributed by atoms with Crippen molar-refractivity contribution < 1.29 is 23.8 Å². The van der Waals surface area contributed by atoms with E-state index in [9.17, 15) is 14.3 Å². The smallest absolute Gasteiger partial charge is 0.258 e. The molecule has 1 amide bonds. The SMILES string of the molecule is CCN(C(=O)c1cc(F)ccc1OC)[C@H]1COC[C@@H]1O. The van der Waals surface area contributed by atoms with Gasteiger partial charge in [-0.25, -0.2) is 4.39 Å². The molecule has 110 valence electrons. The molecule has 1 aromatic carbocycles. The zero-order valence-corrected chi connectivity index (χ0v) is 11.5. The highest BCUT2D eigenvalue weighted by Gasteiger charge is 2.35. The van der Waals surface area contributed by atoms with E-state index in [0.717, 1.165) is 6.07 Å². The van der Waals surface area contributed by atoms with Crippen molar-refractivity contribution in [3.05, 3.63) is 29.6 Å². The van der Waals surface area contributed by atoms with Gasteiger partial charge in [0.1, 0.15) is 11.6 Å². The highest BCUT2D eigenvalue weighted by atomic mass is 19.1. The second-order valence-electron chi connectivity index (χ2n) is 4.61. The van der Waals surface area contributed by atoms with Crippen LogP contribution in [0.2, 0.25) is 0 Å². The summed E-state index contributed by atoms with van der Waals surface area (Å²) in [5.74, 6) is -0.574. The second-order valence-corrected chi connectivity index (χ2v) is 4.61. The number of amides is 1. The predicted molar refractivity (Wildman–Crippen MR) is 70.3 cm³/mol. The molecule has 0 saturated carbocycles. The van der Waals surface area contributed by atoms with Gasteiger partial charge in [-0.05, 0) is 25.1 Å². The van der Waals surface area contributed by atoms with Crippen molar-refractivity contribution in [1.82, 2.24) is 4.90 Å². The van der Waals surface area contributed by atoms with Gasteiger partial charge in [-0.3, -0.25) is 4.79 Å². The Morgan fingerprint density at radius 3 is 2.85 bits per heavy atom. The van der Waals surface area contributed by atoms with Crippen LogP contribution in [-0.2, 0) is 4.74 Å². The van der Waals surface area contributed by atoms with Crippen molar-refractivity contribution in [1.29, 1.82) is 0 Å². The molecule has 5 nitrogen and oxygen atoms in total. The average molecular weight is 283 g/mol. The molecule has 1 aliphatic rings. The Balaban J connectivity index is 2.31. The van der Waals surface area contributed by atoms with Crippen LogP contribution in [-0.4, -0.2) is 54.9 Å². The zero-order chi connectivity index (χ0) is 14.7. The summed E-state index contributed by atoms with van der Waals surface area (Å²) in [4.78, 5) is 14.0. The highest BCUT2D eigenvalue weighted by molar-refractivity contribution is 5.97. The maximum atomic E-state index is 13.4. The first-order chi connectivity index (χ1) is 9.58. The molecule has 0 aromatic heterocycles. The van der Waals surface area contributed by atoms with Crippen LogP contribution in [0.3, 0.4) is 0 Å². The van der Waals surface area contributed by atoms with Gasteiger partial charge in [0.05, 0.1) is 38.0 Å². The molecule has 20 heavy (non-hydrogen) atoms. The van der Waals surface area contributed by atoms with Crippen molar-refractivity contribution in [3.63, 3.8) is 0 Å². The Morgan fingerprint density at radius 1 is 1.55 bits per heavy atom. The second kappa shape index (κ2) is 6.19. The number of hydrogen-bond acceptors (Lipinski definition) is 4. The lowest BCUT2D eigenvalue weighted by Crippen LogP contribution is -2.46. The molecule has 2 rings (SSSR count). The first kappa shape index (κ1) is 14.7. The van der Waals surface area contributed by atoms with Gasteiger partial charge < -0.3 is 19.5 Å². The fraction of sp³-hybridized carbons (Fsp3) is 0.500. The largest absolute Gasteiger partial charge is 0.496 e. The third-order valence-corrected chi connectivity index (χ3v) is 3.42. The molecule has 1 fully saturated rings. The molecular formula is C14H18FNO4. The van der Waals surface area contributed by atoms with Gasteiger partial charge in [0.25, 0.3) is 5.91 Å². The number of aliphatic hydroxyl groups is 1. The quantitative estimate of drug-likeness (QED) is 0.897.